The quantitative estimate of drug-likeness (QED) is 0.335. The first-order valence-electron chi connectivity index (χ1n) is 10.1. The maximum absolute atomic E-state index is 13.7. The summed E-state index contributed by atoms with van der Waals surface area (Å²) in [6.07, 6.45) is 2.27. The number of aromatic nitrogens is 3. The van der Waals surface area contributed by atoms with Gasteiger partial charge in [-0.15, -0.1) is 16.8 Å². The molecule has 0 bridgehead atoms. The Labute approximate surface area is 189 Å². The van der Waals surface area contributed by atoms with Gasteiger partial charge in [0.2, 0.25) is 5.91 Å². The first-order valence-corrected chi connectivity index (χ1v) is 11.1. The van der Waals surface area contributed by atoms with Crippen LogP contribution in [0, 0.1) is 11.6 Å². The Morgan fingerprint density at radius 3 is 2.66 bits per heavy atom. The van der Waals surface area contributed by atoms with Crippen molar-refractivity contribution in [3.8, 4) is 5.75 Å². The Kier molecular flexibility index (Phi) is 7.99. The molecule has 0 radical (unpaired) electrons. The average molecular weight is 459 g/mol. The number of nitrogens with one attached hydrogen (secondary N) is 1. The smallest absolute Gasteiger partial charge is 0.234 e. The Morgan fingerprint density at radius 2 is 2.00 bits per heavy atom. The monoisotopic (exact) mass is 458 g/mol. The lowest BCUT2D eigenvalue weighted by Crippen LogP contribution is -2.16. The lowest BCUT2D eigenvalue weighted by atomic mass is 10.2. The molecule has 0 saturated carbocycles. The normalized spacial score (nSPS) is 11.8. The van der Waals surface area contributed by atoms with Gasteiger partial charge in [0.25, 0.3) is 0 Å². The number of halogens is 2. The van der Waals surface area contributed by atoms with Crippen molar-refractivity contribution in [3.05, 3.63) is 78.1 Å². The number of carbonyl (C=O) groups is 1. The van der Waals surface area contributed by atoms with Gasteiger partial charge in [-0.2, -0.15) is 0 Å². The summed E-state index contributed by atoms with van der Waals surface area (Å²) in [5.74, 6) is -0.707. The zero-order chi connectivity index (χ0) is 23.1. The molecule has 0 aliphatic rings. The second-order valence-electron chi connectivity index (χ2n) is 6.96. The minimum absolute atomic E-state index is 0.0280. The summed E-state index contributed by atoms with van der Waals surface area (Å²) in [6, 6.07) is 10.8. The number of nitrogens with zero attached hydrogens (tertiary/aromatic N) is 3. The van der Waals surface area contributed by atoms with Crippen LogP contribution in [0.15, 0.2) is 60.3 Å². The van der Waals surface area contributed by atoms with Gasteiger partial charge in [-0.25, -0.2) is 8.78 Å². The summed E-state index contributed by atoms with van der Waals surface area (Å²) >= 11 is 1.15. The number of allylic oxidation sites excluding steroid dienone is 1. The molecule has 0 spiro atoms. The molecule has 1 aromatic heterocycles. The maximum Gasteiger partial charge on any atom is 0.234 e. The molecule has 0 aliphatic carbocycles. The van der Waals surface area contributed by atoms with Gasteiger partial charge in [0.1, 0.15) is 17.4 Å². The molecule has 32 heavy (non-hydrogen) atoms. The number of aryl methyl sites for hydroxylation is 1. The van der Waals surface area contributed by atoms with Crippen molar-refractivity contribution in [2.75, 3.05) is 11.1 Å². The van der Waals surface area contributed by atoms with Crippen LogP contribution in [0.25, 0.3) is 0 Å². The fraction of sp³-hybridized carbons (Fsp3) is 0.261. The number of hydrogen-bond acceptors (Lipinski definition) is 5. The Balaban J connectivity index is 1.66. The van der Waals surface area contributed by atoms with Gasteiger partial charge in [0.05, 0.1) is 11.4 Å². The third-order valence-electron chi connectivity index (χ3n) is 4.60. The number of amides is 1. The first kappa shape index (κ1) is 23.5. The molecule has 3 aromatic rings. The lowest BCUT2D eigenvalue weighted by Gasteiger charge is -2.16. The highest BCUT2D eigenvalue weighted by molar-refractivity contribution is 7.99. The van der Waals surface area contributed by atoms with Crippen LogP contribution in [0.2, 0.25) is 0 Å². The number of ether oxygens (including phenoxy) is 1. The number of anilines is 1. The zero-order valence-electron chi connectivity index (χ0n) is 17.8. The van der Waals surface area contributed by atoms with Crippen LogP contribution < -0.4 is 10.1 Å². The highest BCUT2D eigenvalue weighted by atomic mass is 32.2. The summed E-state index contributed by atoms with van der Waals surface area (Å²) < 4.78 is 34.6. The number of hydrogen-bond donors (Lipinski definition) is 1. The Hall–Kier alpha value is -3.20. The molecule has 0 aliphatic heterocycles. The third kappa shape index (κ3) is 5.94. The SMILES string of the molecule is C=CCn1c(SCC(=O)Nc2ccc(F)cc2F)nnc1C(C)Oc1ccc(CC)cc1. The summed E-state index contributed by atoms with van der Waals surface area (Å²) in [4.78, 5) is 12.2. The van der Waals surface area contributed by atoms with Gasteiger partial charge in [0.15, 0.2) is 17.1 Å². The number of benzene rings is 2. The van der Waals surface area contributed by atoms with Crippen LogP contribution in [-0.4, -0.2) is 26.4 Å². The molecule has 0 saturated heterocycles. The lowest BCUT2D eigenvalue weighted by molar-refractivity contribution is -0.113. The second-order valence-corrected chi connectivity index (χ2v) is 7.90. The van der Waals surface area contributed by atoms with E-state index >= 15 is 0 Å². The van der Waals surface area contributed by atoms with Gasteiger partial charge in [-0.05, 0) is 43.2 Å². The predicted octanol–water partition coefficient (Wildman–Crippen LogP) is 5.18. The van der Waals surface area contributed by atoms with Crippen molar-refractivity contribution in [3.63, 3.8) is 0 Å². The predicted molar refractivity (Wildman–Crippen MR) is 121 cm³/mol. The van der Waals surface area contributed by atoms with Crippen LogP contribution in [-0.2, 0) is 17.8 Å². The highest BCUT2D eigenvalue weighted by Gasteiger charge is 2.20. The van der Waals surface area contributed by atoms with Crippen LogP contribution in [0.5, 0.6) is 5.75 Å². The maximum atomic E-state index is 13.7. The van der Waals surface area contributed by atoms with E-state index in [9.17, 15) is 13.6 Å². The molecule has 1 amide bonds. The molecular weight excluding hydrogens is 434 g/mol. The molecule has 168 valence electrons. The molecule has 2 aromatic carbocycles. The van der Waals surface area contributed by atoms with Crippen LogP contribution in [0.4, 0.5) is 14.5 Å². The van der Waals surface area contributed by atoms with E-state index in [1.807, 2.05) is 35.8 Å². The van der Waals surface area contributed by atoms with Crippen LogP contribution >= 0.6 is 11.8 Å². The fourth-order valence-corrected chi connectivity index (χ4v) is 3.73. The molecule has 9 heteroatoms. The van der Waals surface area contributed by atoms with Gasteiger partial charge in [-0.3, -0.25) is 9.36 Å². The summed E-state index contributed by atoms with van der Waals surface area (Å²) in [5.41, 5.74) is 1.14. The summed E-state index contributed by atoms with van der Waals surface area (Å²) in [7, 11) is 0. The van der Waals surface area contributed by atoms with Gasteiger partial charge in [0, 0.05) is 12.6 Å². The van der Waals surface area contributed by atoms with E-state index < -0.39 is 17.5 Å². The molecule has 3 rings (SSSR count). The van der Waals surface area contributed by atoms with E-state index in [1.165, 1.54) is 11.6 Å². The van der Waals surface area contributed by atoms with E-state index in [4.69, 9.17) is 4.74 Å². The molecular formula is C23H24F2N4O2S. The largest absolute Gasteiger partial charge is 0.483 e. The van der Waals surface area contributed by atoms with E-state index in [1.54, 1.807) is 6.08 Å². The fourth-order valence-electron chi connectivity index (χ4n) is 2.98. The van der Waals surface area contributed by atoms with E-state index in [0.29, 0.717) is 23.6 Å². The number of carbonyl (C=O) groups excluding carboxylic acids is 1. The summed E-state index contributed by atoms with van der Waals surface area (Å²) in [6.45, 7) is 8.16. The molecule has 1 unspecified atom stereocenters. The molecule has 1 heterocycles. The topological polar surface area (TPSA) is 69.0 Å². The van der Waals surface area contributed by atoms with E-state index in [-0.39, 0.29) is 17.5 Å². The van der Waals surface area contributed by atoms with E-state index in [2.05, 4.69) is 29.0 Å². The van der Waals surface area contributed by atoms with Crippen molar-refractivity contribution in [1.82, 2.24) is 14.8 Å². The summed E-state index contributed by atoms with van der Waals surface area (Å²) in [5, 5.41) is 11.3. The minimum Gasteiger partial charge on any atom is -0.483 e. The van der Waals surface area contributed by atoms with Gasteiger partial charge in [-0.1, -0.05) is 36.9 Å². The zero-order valence-corrected chi connectivity index (χ0v) is 18.7. The highest BCUT2D eigenvalue weighted by Crippen LogP contribution is 2.25. The van der Waals surface area contributed by atoms with Gasteiger partial charge < -0.3 is 10.1 Å². The average Bonchev–Trinajstić information content (AvgIpc) is 3.18. The van der Waals surface area contributed by atoms with Crippen molar-refractivity contribution < 1.29 is 18.3 Å². The van der Waals surface area contributed by atoms with Crippen molar-refractivity contribution in [2.24, 2.45) is 0 Å². The van der Waals surface area contributed by atoms with E-state index in [0.717, 1.165) is 30.0 Å². The Morgan fingerprint density at radius 1 is 1.25 bits per heavy atom. The standard InChI is InChI=1S/C23H24F2N4O2S/c1-4-12-29-22(15(3)31-18-9-6-16(5-2)7-10-18)27-28-23(29)32-14-21(30)26-20-11-8-17(24)13-19(20)25/h4,6-11,13,15H,1,5,12,14H2,2-3H3,(H,26,30). The Bertz CT molecular complexity index is 1090. The second kappa shape index (κ2) is 10.9. The minimum atomic E-state index is -0.835. The van der Waals surface area contributed by atoms with Gasteiger partial charge >= 0.3 is 0 Å². The number of thioether (sulfide) groups is 1. The molecule has 6 nitrogen and oxygen atoms in total. The van der Waals surface area contributed by atoms with Crippen LogP contribution in [0.1, 0.15) is 31.3 Å². The number of rotatable bonds is 10. The van der Waals surface area contributed by atoms with Crippen molar-refractivity contribution >= 4 is 23.4 Å². The van der Waals surface area contributed by atoms with Crippen molar-refractivity contribution in [1.29, 1.82) is 0 Å². The van der Waals surface area contributed by atoms with Crippen molar-refractivity contribution in [2.45, 2.75) is 38.1 Å². The third-order valence-corrected chi connectivity index (χ3v) is 5.57. The first-order chi connectivity index (χ1) is 15.4. The molecule has 1 N–H and O–H groups in total. The molecule has 1 atom stereocenters. The van der Waals surface area contributed by atoms with Crippen LogP contribution in [0.3, 0.4) is 0 Å². The molecule has 0 fully saturated rings.